The van der Waals surface area contributed by atoms with E-state index in [1.54, 1.807) is 0 Å². The van der Waals surface area contributed by atoms with Crippen molar-refractivity contribution in [3.8, 4) is 0 Å². The minimum Gasteiger partial charge on any atom is -0.415 e. The SMILES string of the molecule is [CH2][Si](C)(C)OC(C)C. The zero-order valence-corrected chi connectivity index (χ0v) is 7.19. The van der Waals surface area contributed by atoms with Gasteiger partial charge in [0.1, 0.15) is 0 Å². The van der Waals surface area contributed by atoms with E-state index in [4.69, 9.17) is 4.43 Å². The van der Waals surface area contributed by atoms with Gasteiger partial charge in [0.05, 0.1) is 0 Å². The van der Waals surface area contributed by atoms with Gasteiger partial charge in [-0.1, -0.05) is 0 Å². The maximum absolute atomic E-state index is 5.47. The highest BCUT2D eigenvalue weighted by Gasteiger charge is 2.15. The summed E-state index contributed by atoms with van der Waals surface area (Å²) >= 11 is 0. The summed E-state index contributed by atoms with van der Waals surface area (Å²) in [6.07, 6.45) is 0.342. The molecule has 0 N–H and O–H groups in total. The van der Waals surface area contributed by atoms with E-state index in [2.05, 4.69) is 19.6 Å². The Morgan fingerprint density at radius 1 is 1.38 bits per heavy atom. The third-order valence-corrected chi connectivity index (χ3v) is 1.66. The predicted molar refractivity (Wildman–Crippen MR) is 39.1 cm³/mol. The van der Waals surface area contributed by atoms with Crippen LogP contribution in [0, 0.1) is 6.55 Å². The molecule has 0 aromatic rings. The van der Waals surface area contributed by atoms with Crippen LogP contribution in [0.15, 0.2) is 0 Å². The lowest BCUT2D eigenvalue weighted by Crippen LogP contribution is -2.29. The van der Waals surface area contributed by atoms with Gasteiger partial charge in [0.2, 0.25) is 0 Å². The van der Waals surface area contributed by atoms with E-state index in [0.29, 0.717) is 6.10 Å². The van der Waals surface area contributed by atoms with E-state index in [0.717, 1.165) is 0 Å². The van der Waals surface area contributed by atoms with Gasteiger partial charge in [-0.2, -0.15) is 0 Å². The van der Waals surface area contributed by atoms with Crippen molar-refractivity contribution < 1.29 is 4.43 Å². The fraction of sp³-hybridized carbons (Fsp3) is 0.833. The van der Waals surface area contributed by atoms with Crippen molar-refractivity contribution in [1.29, 1.82) is 0 Å². The molecule has 0 aliphatic heterocycles. The van der Waals surface area contributed by atoms with Gasteiger partial charge in [-0.05, 0) is 33.5 Å². The van der Waals surface area contributed by atoms with Gasteiger partial charge in [-0.25, -0.2) is 0 Å². The third kappa shape index (κ3) is 6.18. The summed E-state index contributed by atoms with van der Waals surface area (Å²) in [7, 11) is -1.47. The number of rotatable bonds is 2. The Morgan fingerprint density at radius 3 is 1.75 bits per heavy atom. The van der Waals surface area contributed by atoms with E-state index in [9.17, 15) is 0 Å². The lowest BCUT2D eigenvalue weighted by atomic mass is 10.5. The molecule has 0 spiro atoms. The molecular formula is C6H15OSi. The molecule has 0 aliphatic rings. The summed E-state index contributed by atoms with van der Waals surface area (Å²) in [5.74, 6) is 0. The molecule has 49 valence electrons. The molecule has 1 radical (unpaired) electrons. The number of hydrogen-bond donors (Lipinski definition) is 0. The van der Waals surface area contributed by atoms with Crippen LogP contribution in [0.25, 0.3) is 0 Å². The first-order valence-corrected chi connectivity index (χ1v) is 6.06. The standard InChI is InChI=1S/C6H15OSi/c1-6(2)7-8(3,4)5/h6H,3H2,1-2,4-5H3. The lowest BCUT2D eigenvalue weighted by Gasteiger charge is -2.19. The number of hydrogen-bond acceptors (Lipinski definition) is 1. The molecule has 1 nitrogen and oxygen atoms in total. The third-order valence-electron chi connectivity index (χ3n) is 0.555. The van der Waals surface area contributed by atoms with Crippen LogP contribution in [0.5, 0.6) is 0 Å². The van der Waals surface area contributed by atoms with Gasteiger partial charge in [0.15, 0.2) is 8.32 Å². The smallest absolute Gasteiger partial charge is 0.186 e. The lowest BCUT2D eigenvalue weighted by molar-refractivity contribution is 0.237. The summed E-state index contributed by atoms with van der Waals surface area (Å²) in [5, 5.41) is 0. The van der Waals surface area contributed by atoms with Gasteiger partial charge < -0.3 is 4.43 Å². The highest BCUT2D eigenvalue weighted by atomic mass is 28.4. The monoisotopic (exact) mass is 131 g/mol. The summed E-state index contributed by atoms with van der Waals surface area (Å²) in [6.45, 7) is 12.2. The molecule has 0 aliphatic carbocycles. The van der Waals surface area contributed by atoms with Gasteiger partial charge in [0.25, 0.3) is 0 Å². The molecule has 0 atom stereocenters. The molecule has 0 bridgehead atoms. The van der Waals surface area contributed by atoms with Crippen LogP contribution >= 0.6 is 0 Å². The highest BCUT2D eigenvalue weighted by Crippen LogP contribution is 2.04. The Morgan fingerprint density at radius 2 is 1.75 bits per heavy atom. The minimum absolute atomic E-state index is 0.342. The van der Waals surface area contributed by atoms with Gasteiger partial charge in [-0.15, -0.1) is 0 Å². The van der Waals surface area contributed by atoms with Crippen molar-refractivity contribution in [2.24, 2.45) is 0 Å². The average molecular weight is 131 g/mol. The molecule has 0 aromatic carbocycles. The normalized spacial score (nSPS) is 12.8. The van der Waals surface area contributed by atoms with Gasteiger partial charge in [-0.3, -0.25) is 0 Å². The molecule has 2 heteroatoms. The Kier molecular flexibility index (Phi) is 2.70. The van der Waals surface area contributed by atoms with Crippen LogP contribution in [-0.2, 0) is 4.43 Å². The van der Waals surface area contributed by atoms with Crippen LogP contribution in [-0.4, -0.2) is 14.4 Å². The summed E-state index contributed by atoms with van der Waals surface area (Å²) in [5.41, 5.74) is 0. The molecule has 0 saturated heterocycles. The van der Waals surface area contributed by atoms with Crippen molar-refractivity contribution in [2.75, 3.05) is 0 Å². The van der Waals surface area contributed by atoms with E-state index < -0.39 is 8.32 Å². The van der Waals surface area contributed by atoms with Crippen LogP contribution in [0.4, 0.5) is 0 Å². The van der Waals surface area contributed by atoms with E-state index in [1.807, 2.05) is 13.8 Å². The molecule has 0 rings (SSSR count). The molecule has 0 fully saturated rings. The molecule has 8 heavy (non-hydrogen) atoms. The summed E-state index contributed by atoms with van der Waals surface area (Å²) < 4.78 is 5.47. The summed E-state index contributed by atoms with van der Waals surface area (Å²) in [6, 6.07) is 0. The molecule has 0 amide bonds. The first-order chi connectivity index (χ1) is 3.42. The quantitative estimate of drug-likeness (QED) is 0.521. The molecule has 0 aromatic heterocycles. The fourth-order valence-corrected chi connectivity index (χ4v) is 1.91. The van der Waals surface area contributed by atoms with Crippen LogP contribution in [0.1, 0.15) is 13.8 Å². The second-order valence-electron chi connectivity index (χ2n) is 2.93. The van der Waals surface area contributed by atoms with Crippen LogP contribution in [0.3, 0.4) is 0 Å². The average Bonchev–Trinajstić information content (AvgIpc) is 1.21. The molecule has 0 heterocycles. The topological polar surface area (TPSA) is 9.23 Å². The predicted octanol–water partition coefficient (Wildman–Crippen LogP) is 1.99. The van der Waals surface area contributed by atoms with Crippen molar-refractivity contribution in [1.82, 2.24) is 0 Å². The maximum atomic E-state index is 5.47. The molecular weight excluding hydrogens is 116 g/mol. The Bertz CT molecular complexity index is 63.4. The first kappa shape index (κ1) is 8.18. The van der Waals surface area contributed by atoms with Crippen LogP contribution < -0.4 is 0 Å². The highest BCUT2D eigenvalue weighted by molar-refractivity contribution is 6.72. The second-order valence-corrected chi connectivity index (χ2v) is 6.68. The largest absolute Gasteiger partial charge is 0.415 e. The van der Waals surface area contributed by atoms with E-state index in [1.165, 1.54) is 0 Å². The minimum atomic E-state index is -1.47. The zero-order chi connectivity index (χ0) is 6.78. The zero-order valence-electron chi connectivity index (χ0n) is 6.19. The summed E-state index contributed by atoms with van der Waals surface area (Å²) in [4.78, 5) is 0. The van der Waals surface area contributed by atoms with Crippen LogP contribution in [0.2, 0.25) is 13.1 Å². The maximum Gasteiger partial charge on any atom is 0.186 e. The van der Waals surface area contributed by atoms with Gasteiger partial charge >= 0.3 is 0 Å². The molecule has 0 unspecified atom stereocenters. The van der Waals surface area contributed by atoms with Gasteiger partial charge in [0, 0.05) is 6.10 Å². The van der Waals surface area contributed by atoms with Crippen molar-refractivity contribution in [2.45, 2.75) is 33.0 Å². The van der Waals surface area contributed by atoms with Crippen molar-refractivity contribution >= 4 is 8.32 Å². The second kappa shape index (κ2) is 2.64. The Hall–Kier alpha value is 0.177. The first-order valence-electron chi connectivity index (χ1n) is 2.95. The van der Waals surface area contributed by atoms with Crippen molar-refractivity contribution in [3.05, 3.63) is 6.55 Å². The van der Waals surface area contributed by atoms with Crippen molar-refractivity contribution in [3.63, 3.8) is 0 Å². The Labute approximate surface area is 53.2 Å². The fourth-order valence-electron chi connectivity index (χ4n) is 0.638. The Balaban J connectivity index is 3.39. The van der Waals surface area contributed by atoms with E-state index in [-0.39, 0.29) is 0 Å². The van der Waals surface area contributed by atoms with E-state index >= 15 is 0 Å². The molecule has 0 saturated carbocycles.